The van der Waals surface area contributed by atoms with E-state index in [1.807, 2.05) is 0 Å². The van der Waals surface area contributed by atoms with E-state index in [1.165, 1.54) is 12.1 Å². The van der Waals surface area contributed by atoms with Gasteiger partial charge < -0.3 is 0 Å². The van der Waals surface area contributed by atoms with Crippen LogP contribution in [-0.4, -0.2) is 4.98 Å². The third-order valence-corrected chi connectivity index (χ3v) is 5.05. The Labute approximate surface area is 163 Å². The second-order valence-corrected chi connectivity index (χ2v) is 7.10. The zero-order valence-corrected chi connectivity index (χ0v) is 15.2. The van der Waals surface area contributed by atoms with Gasteiger partial charge in [0.1, 0.15) is 5.01 Å². The Hall–Kier alpha value is -1.77. The Morgan fingerprint density at radius 2 is 1.30 bits per heavy atom. The predicted octanol–water partition coefficient (Wildman–Crippen LogP) is 7.82. The van der Waals surface area contributed by atoms with Gasteiger partial charge in [-0.15, -0.1) is 11.3 Å². The molecule has 0 aliphatic carbocycles. The summed E-state index contributed by atoms with van der Waals surface area (Å²) in [6, 6.07) is 5.87. The molecule has 1 nitrogen and oxygen atoms in total. The van der Waals surface area contributed by atoms with E-state index in [-0.39, 0.29) is 20.6 Å². The fourth-order valence-electron chi connectivity index (χ4n) is 2.29. The Bertz CT molecular complexity index is 953. The van der Waals surface area contributed by atoms with Gasteiger partial charge in [-0.3, -0.25) is 0 Å². The number of benzene rings is 2. The lowest BCUT2D eigenvalue weighted by molar-refractivity contribution is -0.138. The highest BCUT2D eigenvalue weighted by atomic mass is 35.5. The van der Waals surface area contributed by atoms with Gasteiger partial charge in [0, 0.05) is 16.5 Å². The lowest BCUT2D eigenvalue weighted by Gasteiger charge is -2.10. The van der Waals surface area contributed by atoms with Gasteiger partial charge in [0.15, 0.2) is 0 Å². The Morgan fingerprint density at radius 3 is 1.78 bits per heavy atom. The van der Waals surface area contributed by atoms with Crippen LogP contribution < -0.4 is 0 Å². The van der Waals surface area contributed by atoms with Crippen LogP contribution in [-0.2, 0) is 12.4 Å². The van der Waals surface area contributed by atoms with Gasteiger partial charge in [-0.25, -0.2) is 4.98 Å². The van der Waals surface area contributed by atoms with Crippen molar-refractivity contribution in [3.05, 3.63) is 63.0 Å². The van der Waals surface area contributed by atoms with Gasteiger partial charge in [0.05, 0.1) is 26.9 Å². The molecular weight excluding hydrogens is 435 g/mol. The van der Waals surface area contributed by atoms with Gasteiger partial charge in [0.2, 0.25) is 0 Å². The molecule has 0 amide bonds. The van der Waals surface area contributed by atoms with E-state index in [0.717, 1.165) is 35.6 Å². The number of thiazole rings is 1. The van der Waals surface area contributed by atoms with E-state index in [4.69, 9.17) is 23.2 Å². The molecule has 0 saturated heterocycles. The highest BCUT2D eigenvalue weighted by Gasteiger charge is 2.32. The van der Waals surface area contributed by atoms with Crippen molar-refractivity contribution in [1.29, 1.82) is 0 Å². The summed E-state index contributed by atoms with van der Waals surface area (Å²) in [6.45, 7) is 0. The number of halogens is 8. The molecule has 0 N–H and O–H groups in total. The first kappa shape index (κ1) is 20.0. The van der Waals surface area contributed by atoms with Crippen molar-refractivity contribution in [2.75, 3.05) is 0 Å². The molecule has 0 fully saturated rings. The quantitative estimate of drug-likeness (QED) is 0.369. The van der Waals surface area contributed by atoms with Crippen LogP contribution in [0.2, 0.25) is 10.0 Å². The molecule has 0 saturated carbocycles. The Balaban J connectivity index is 1.97. The van der Waals surface area contributed by atoms with Crippen LogP contribution in [0.1, 0.15) is 11.1 Å². The van der Waals surface area contributed by atoms with Crippen LogP contribution in [0.5, 0.6) is 0 Å². The summed E-state index contributed by atoms with van der Waals surface area (Å²) in [6.07, 6.45) is -9.05. The van der Waals surface area contributed by atoms with Gasteiger partial charge in [0.25, 0.3) is 0 Å². The summed E-state index contributed by atoms with van der Waals surface area (Å²) in [5.41, 5.74) is -0.869. The first-order valence-corrected chi connectivity index (χ1v) is 8.80. The Kier molecular flexibility index (Phi) is 5.18. The number of rotatable bonds is 2. The molecule has 0 bridgehead atoms. The molecule has 0 aliphatic rings. The van der Waals surface area contributed by atoms with Gasteiger partial charge >= 0.3 is 12.4 Å². The molecule has 0 radical (unpaired) electrons. The lowest BCUT2D eigenvalue weighted by Crippen LogP contribution is -2.05. The third kappa shape index (κ3) is 4.23. The second-order valence-electron chi connectivity index (χ2n) is 5.43. The second kappa shape index (κ2) is 7.00. The largest absolute Gasteiger partial charge is 0.416 e. The van der Waals surface area contributed by atoms with Crippen molar-refractivity contribution >= 4 is 34.5 Å². The third-order valence-electron chi connectivity index (χ3n) is 3.60. The number of hydrogen-bond acceptors (Lipinski definition) is 2. The zero-order valence-electron chi connectivity index (χ0n) is 12.9. The van der Waals surface area contributed by atoms with E-state index in [2.05, 4.69) is 4.98 Å². The van der Waals surface area contributed by atoms with E-state index >= 15 is 0 Å². The number of nitrogens with zero attached hydrogens (tertiary/aromatic N) is 1. The first-order chi connectivity index (χ1) is 12.5. The maximum atomic E-state index is 12.8. The molecule has 0 spiro atoms. The minimum absolute atomic E-state index is 0.134. The smallest absolute Gasteiger partial charge is 0.236 e. The van der Waals surface area contributed by atoms with E-state index < -0.39 is 23.5 Å². The van der Waals surface area contributed by atoms with Crippen LogP contribution >= 0.6 is 34.5 Å². The van der Waals surface area contributed by atoms with Crippen LogP contribution in [0.15, 0.2) is 41.8 Å². The van der Waals surface area contributed by atoms with Crippen LogP contribution in [0.4, 0.5) is 26.3 Å². The lowest BCUT2D eigenvalue weighted by atomic mass is 10.1. The average Bonchev–Trinajstić information content (AvgIpc) is 3.02. The molecule has 3 aromatic rings. The minimum Gasteiger partial charge on any atom is -0.236 e. The molecular formula is C17H7Cl2F6NS. The van der Waals surface area contributed by atoms with Crippen LogP contribution in [0.3, 0.4) is 0 Å². The molecule has 10 heteroatoms. The van der Waals surface area contributed by atoms with Crippen molar-refractivity contribution in [2.24, 2.45) is 0 Å². The molecule has 1 aromatic heterocycles. The molecule has 0 unspecified atom stereocenters. The maximum absolute atomic E-state index is 12.8. The van der Waals surface area contributed by atoms with Gasteiger partial charge in [-0.2, -0.15) is 26.3 Å². The normalized spacial score (nSPS) is 12.4. The van der Waals surface area contributed by atoms with E-state index in [9.17, 15) is 26.3 Å². The predicted molar refractivity (Wildman–Crippen MR) is 93.0 cm³/mol. The number of aromatic nitrogens is 1. The summed E-state index contributed by atoms with van der Waals surface area (Å²) in [4.78, 5) is 4.24. The van der Waals surface area contributed by atoms with E-state index in [1.54, 1.807) is 5.38 Å². The topological polar surface area (TPSA) is 12.9 Å². The molecule has 1 heterocycles. The maximum Gasteiger partial charge on any atom is 0.416 e. The summed E-state index contributed by atoms with van der Waals surface area (Å²) < 4.78 is 76.3. The monoisotopic (exact) mass is 441 g/mol. The standard InChI is InChI=1S/C17H7Cl2F6NS/c18-11-5-10(17(23,24)25)6-12(19)14(11)15-26-13(7-27-15)8-1-3-9(4-2-8)16(20,21)22/h1-7H. The highest BCUT2D eigenvalue weighted by molar-refractivity contribution is 7.13. The summed E-state index contributed by atoms with van der Waals surface area (Å²) in [5, 5.41) is 1.38. The number of hydrogen-bond donors (Lipinski definition) is 0. The van der Waals surface area contributed by atoms with Crippen molar-refractivity contribution in [1.82, 2.24) is 4.98 Å². The molecule has 0 aliphatic heterocycles. The van der Waals surface area contributed by atoms with Crippen molar-refractivity contribution in [3.8, 4) is 21.8 Å². The fraction of sp³-hybridized carbons (Fsp3) is 0.118. The number of alkyl halides is 6. The van der Waals surface area contributed by atoms with Crippen LogP contribution in [0.25, 0.3) is 21.8 Å². The van der Waals surface area contributed by atoms with Crippen LogP contribution in [0, 0.1) is 0 Å². The molecule has 3 rings (SSSR count). The van der Waals surface area contributed by atoms with E-state index in [0.29, 0.717) is 11.3 Å². The SMILES string of the molecule is FC(F)(F)c1ccc(-c2csc(-c3c(Cl)cc(C(F)(F)F)cc3Cl)n2)cc1. The van der Waals surface area contributed by atoms with Gasteiger partial charge in [-0.05, 0) is 24.3 Å². The summed E-state index contributed by atoms with van der Waals surface area (Å²) in [7, 11) is 0. The van der Waals surface area contributed by atoms with Crippen molar-refractivity contribution in [2.45, 2.75) is 12.4 Å². The van der Waals surface area contributed by atoms with Crippen molar-refractivity contribution < 1.29 is 26.3 Å². The van der Waals surface area contributed by atoms with Crippen molar-refractivity contribution in [3.63, 3.8) is 0 Å². The van der Waals surface area contributed by atoms with Gasteiger partial charge in [-0.1, -0.05) is 35.3 Å². The Morgan fingerprint density at radius 1 is 0.778 bits per heavy atom. The summed E-state index contributed by atoms with van der Waals surface area (Å²) in [5.74, 6) is 0. The molecule has 0 atom stereocenters. The molecule has 2 aromatic carbocycles. The zero-order chi connectivity index (χ0) is 20.0. The molecule has 27 heavy (non-hydrogen) atoms. The average molecular weight is 442 g/mol. The first-order valence-electron chi connectivity index (χ1n) is 7.16. The highest BCUT2D eigenvalue weighted by Crippen LogP contribution is 2.42. The molecule has 142 valence electrons. The summed E-state index contributed by atoms with van der Waals surface area (Å²) >= 11 is 13.0. The minimum atomic E-state index is -4.60. The fourth-order valence-corrected chi connectivity index (χ4v) is 3.97.